The highest BCUT2D eigenvalue weighted by Gasteiger charge is 2.39. The Labute approximate surface area is 189 Å². The Balaban J connectivity index is 1.50. The van der Waals surface area contributed by atoms with Gasteiger partial charge in [0.05, 0.1) is 24.4 Å². The summed E-state index contributed by atoms with van der Waals surface area (Å²) in [6.07, 6.45) is 5.60. The van der Waals surface area contributed by atoms with E-state index in [1.165, 1.54) is 11.1 Å². The summed E-state index contributed by atoms with van der Waals surface area (Å²) in [5.41, 5.74) is 5.20. The number of methoxy groups -OCH3 is 1. The van der Waals surface area contributed by atoms with E-state index >= 15 is 0 Å². The van der Waals surface area contributed by atoms with Gasteiger partial charge in [0.15, 0.2) is 0 Å². The number of anilines is 1. The quantitative estimate of drug-likeness (QED) is 0.527. The number of rotatable bonds is 5. The summed E-state index contributed by atoms with van der Waals surface area (Å²) in [5, 5.41) is 3.76. The average Bonchev–Trinajstić information content (AvgIpc) is 3.33. The molecule has 3 atom stereocenters. The first-order valence-electron chi connectivity index (χ1n) is 11.1. The van der Waals surface area contributed by atoms with E-state index in [-0.39, 0.29) is 11.9 Å². The van der Waals surface area contributed by atoms with Crippen LogP contribution in [0.2, 0.25) is 0 Å². The number of carbonyl (C=O) groups is 1. The first kappa shape index (κ1) is 20.4. The molecule has 0 saturated carbocycles. The molecule has 1 heterocycles. The maximum atomic E-state index is 13.5. The van der Waals surface area contributed by atoms with Crippen LogP contribution >= 0.6 is 0 Å². The van der Waals surface area contributed by atoms with Crippen molar-refractivity contribution < 1.29 is 9.53 Å². The lowest BCUT2D eigenvalue weighted by Gasteiger charge is -2.38. The molecule has 0 saturated heterocycles. The Morgan fingerprint density at radius 2 is 1.88 bits per heavy atom. The number of allylic oxidation sites excluding steroid dienone is 2. The number of nitrogens with zero attached hydrogens (tertiary/aromatic N) is 1. The Kier molecular flexibility index (Phi) is 5.44. The van der Waals surface area contributed by atoms with Crippen LogP contribution in [0.3, 0.4) is 0 Å². The van der Waals surface area contributed by atoms with Crippen LogP contribution in [0.15, 0.2) is 84.9 Å². The van der Waals surface area contributed by atoms with Gasteiger partial charge in [-0.15, -0.1) is 0 Å². The predicted molar refractivity (Wildman–Crippen MR) is 128 cm³/mol. The summed E-state index contributed by atoms with van der Waals surface area (Å²) in [5.74, 6) is 1.60. The molecule has 0 aromatic heterocycles. The minimum atomic E-state index is 0.0306. The lowest BCUT2D eigenvalue weighted by Crippen LogP contribution is -2.32. The number of fused-ring (bicyclic) bond motifs is 3. The lowest BCUT2D eigenvalue weighted by molar-refractivity contribution is 0.0785. The van der Waals surface area contributed by atoms with Crippen molar-refractivity contribution in [1.82, 2.24) is 4.90 Å². The molecule has 0 radical (unpaired) electrons. The SMILES string of the molecule is COc1cccc(C2Nc3c(C(=O)N(C)Cc4ccccc4)cccc3C3C=CCC32)c1. The van der Waals surface area contributed by atoms with Crippen molar-refractivity contribution in [3.05, 3.63) is 107 Å². The van der Waals surface area contributed by atoms with Crippen LogP contribution < -0.4 is 10.1 Å². The van der Waals surface area contributed by atoms with Gasteiger partial charge in [0.2, 0.25) is 0 Å². The van der Waals surface area contributed by atoms with Crippen molar-refractivity contribution >= 4 is 11.6 Å². The van der Waals surface area contributed by atoms with Crippen LogP contribution in [-0.4, -0.2) is 25.0 Å². The fourth-order valence-corrected chi connectivity index (χ4v) is 5.10. The normalized spacial score (nSPS) is 20.8. The van der Waals surface area contributed by atoms with Crippen LogP contribution in [0.1, 0.15) is 45.4 Å². The van der Waals surface area contributed by atoms with Gasteiger partial charge in [-0.25, -0.2) is 0 Å². The van der Waals surface area contributed by atoms with E-state index in [9.17, 15) is 4.79 Å². The maximum absolute atomic E-state index is 13.5. The molecule has 1 aliphatic heterocycles. The minimum Gasteiger partial charge on any atom is -0.497 e. The molecule has 0 fully saturated rings. The van der Waals surface area contributed by atoms with Crippen LogP contribution in [-0.2, 0) is 6.54 Å². The van der Waals surface area contributed by atoms with E-state index in [1.54, 1.807) is 12.0 Å². The lowest BCUT2D eigenvalue weighted by atomic mass is 9.76. The Morgan fingerprint density at radius 1 is 1.06 bits per heavy atom. The molecule has 1 N–H and O–H groups in total. The van der Waals surface area contributed by atoms with E-state index in [1.807, 2.05) is 49.5 Å². The standard InChI is InChI=1S/C28H28N2O2/c1-30(18-19-9-4-3-5-10-19)28(31)25-16-8-15-24-22-13-7-14-23(22)26(29-27(24)25)20-11-6-12-21(17-20)32-2/h3-13,15-17,22-23,26,29H,14,18H2,1-2H3. The number of carbonyl (C=O) groups excluding carboxylic acids is 1. The van der Waals surface area contributed by atoms with Gasteiger partial charge in [-0.1, -0.05) is 66.7 Å². The number of nitrogens with one attached hydrogen (secondary N) is 1. The second-order valence-electron chi connectivity index (χ2n) is 8.67. The first-order chi connectivity index (χ1) is 15.7. The van der Waals surface area contributed by atoms with Crippen LogP contribution in [0.4, 0.5) is 5.69 Å². The second-order valence-corrected chi connectivity index (χ2v) is 8.67. The zero-order valence-corrected chi connectivity index (χ0v) is 18.5. The molecule has 2 aliphatic rings. The van der Waals surface area contributed by atoms with Crippen molar-refractivity contribution in [2.45, 2.75) is 24.9 Å². The summed E-state index contributed by atoms with van der Waals surface area (Å²) >= 11 is 0. The van der Waals surface area contributed by atoms with Gasteiger partial charge in [0, 0.05) is 19.5 Å². The molecule has 0 spiro atoms. The smallest absolute Gasteiger partial charge is 0.256 e. The maximum Gasteiger partial charge on any atom is 0.256 e. The Morgan fingerprint density at radius 3 is 2.69 bits per heavy atom. The van der Waals surface area contributed by atoms with Crippen LogP contribution in [0.5, 0.6) is 5.75 Å². The number of benzene rings is 3. The van der Waals surface area contributed by atoms with E-state index in [0.717, 1.165) is 29.0 Å². The van der Waals surface area contributed by atoms with Crippen molar-refractivity contribution in [3.63, 3.8) is 0 Å². The molecular formula is C28H28N2O2. The number of hydrogen-bond donors (Lipinski definition) is 1. The number of para-hydroxylation sites is 1. The average molecular weight is 425 g/mol. The van der Waals surface area contributed by atoms with E-state index < -0.39 is 0 Å². The minimum absolute atomic E-state index is 0.0306. The summed E-state index contributed by atoms with van der Waals surface area (Å²) in [4.78, 5) is 15.3. The monoisotopic (exact) mass is 424 g/mol. The number of hydrogen-bond acceptors (Lipinski definition) is 3. The van der Waals surface area contributed by atoms with Gasteiger partial charge in [0.25, 0.3) is 5.91 Å². The molecular weight excluding hydrogens is 396 g/mol. The van der Waals surface area contributed by atoms with E-state index in [2.05, 4.69) is 47.8 Å². The Bertz CT molecular complexity index is 1160. The molecule has 0 bridgehead atoms. The fourth-order valence-electron chi connectivity index (χ4n) is 5.10. The van der Waals surface area contributed by atoms with E-state index in [0.29, 0.717) is 18.4 Å². The summed E-state index contributed by atoms with van der Waals surface area (Å²) in [7, 11) is 3.57. The molecule has 1 aliphatic carbocycles. The van der Waals surface area contributed by atoms with Gasteiger partial charge in [-0.3, -0.25) is 4.79 Å². The second kappa shape index (κ2) is 8.54. The van der Waals surface area contributed by atoms with Crippen LogP contribution in [0.25, 0.3) is 0 Å². The van der Waals surface area contributed by atoms with E-state index in [4.69, 9.17) is 4.74 Å². The third kappa shape index (κ3) is 3.66. The van der Waals surface area contributed by atoms with Crippen molar-refractivity contribution in [2.24, 2.45) is 5.92 Å². The molecule has 3 aromatic rings. The highest BCUT2D eigenvalue weighted by molar-refractivity contribution is 6.00. The predicted octanol–water partition coefficient (Wildman–Crippen LogP) is 5.79. The van der Waals surface area contributed by atoms with Gasteiger partial charge in [-0.2, -0.15) is 0 Å². The topological polar surface area (TPSA) is 41.6 Å². The zero-order chi connectivity index (χ0) is 22.1. The number of amides is 1. The van der Waals surface area contributed by atoms with Crippen molar-refractivity contribution in [2.75, 3.05) is 19.5 Å². The molecule has 3 unspecified atom stereocenters. The molecule has 3 aromatic carbocycles. The van der Waals surface area contributed by atoms with Gasteiger partial charge < -0.3 is 15.0 Å². The van der Waals surface area contributed by atoms with Gasteiger partial charge >= 0.3 is 0 Å². The largest absolute Gasteiger partial charge is 0.497 e. The van der Waals surface area contributed by atoms with Crippen molar-refractivity contribution in [3.8, 4) is 5.75 Å². The summed E-state index contributed by atoms with van der Waals surface area (Å²) in [6, 6.07) is 24.6. The number of ether oxygens (including phenoxy) is 1. The third-order valence-corrected chi connectivity index (χ3v) is 6.69. The van der Waals surface area contributed by atoms with Crippen molar-refractivity contribution in [1.29, 1.82) is 0 Å². The molecule has 162 valence electrons. The van der Waals surface area contributed by atoms with Gasteiger partial charge in [-0.05, 0) is 47.2 Å². The third-order valence-electron chi connectivity index (χ3n) is 6.69. The highest BCUT2D eigenvalue weighted by Crippen LogP contribution is 2.51. The molecule has 4 nitrogen and oxygen atoms in total. The molecule has 5 rings (SSSR count). The van der Waals surface area contributed by atoms with Gasteiger partial charge in [0.1, 0.15) is 5.75 Å². The summed E-state index contributed by atoms with van der Waals surface area (Å²) < 4.78 is 5.47. The van der Waals surface area contributed by atoms with Crippen LogP contribution in [0, 0.1) is 5.92 Å². The highest BCUT2D eigenvalue weighted by atomic mass is 16.5. The molecule has 1 amide bonds. The molecule has 4 heteroatoms. The fraction of sp³-hybridized carbons (Fsp3) is 0.250. The summed E-state index contributed by atoms with van der Waals surface area (Å²) in [6.45, 7) is 0.578. The Hall–Kier alpha value is -3.53. The first-order valence-corrected chi connectivity index (χ1v) is 11.1. The zero-order valence-electron chi connectivity index (χ0n) is 18.5. The molecule has 32 heavy (non-hydrogen) atoms.